The van der Waals surface area contributed by atoms with Crippen LogP contribution < -0.4 is 10.1 Å². The van der Waals surface area contributed by atoms with Crippen molar-refractivity contribution in [3.05, 3.63) is 93.4 Å². The SMILES string of the molecule is O=C(N[C@@H](Cc1ccccc1)C(=O)OCc1cc([N+](=O)[O-])cc2c1OCOC2)c1ccco1. The average Bonchev–Trinajstić information content (AvgIpc) is 3.37. The van der Waals surface area contributed by atoms with Gasteiger partial charge in [-0.15, -0.1) is 0 Å². The molecule has 33 heavy (non-hydrogen) atoms. The number of non-ortho nitro benzene ring substituents is 1. The normalized spacial score (nSPS) is 13.3. The van der Waals surface area contributed by atoms with Gasteiger partial charge in [0.2, 0.25) is 0 Å². The van der Waals surface area contributed by atoms with Gasteiger partial charge in [-0.05, 0) is 17.7 Å². The monoisotopic (exact) mass is 452 g/mol. The van der Waals surface area contributed by atoms with E-state index < -0.39 is 22.8 Å². The fraction of sp³-hybridized carbons (Fsp3) is 0.217. The van der Waals surface area contributed by atoms with Crippen LogP contribution in [0.15, 0.2) is 65.3 Å². The standard InChI is InChI=1S/C23H20N2O8/c26-22(20-7-4-8-31-20)24-19(9-15-5-2-1-3-6-15)23(27)32-13-17-11-18(25(28)29)10-16-12-30-14-33-21(16)17/h1-8,10-11,19H,9,12-14H2,(H,24,26)/t19-/m0/s1. The van der Waals surface area contributed by atoms with Crippen molar-refractivity contribution in [2.45, 2.75) is 25.7 Å². The van der Waals surface area contributed by atoms with Gasteiger partial charge < -0.3 is 23.9 Å². The molecule has 1 atom stereocenters. The maximum atomic E-state index is 12.9. The minimum atomic E-state index is -1.01. The summed E-state index contributed by atoms with van der Waals surface area (Å²) in [5.74, 6) is -0.821. The fourth-order valence-electron chi connectivity index (χ4n) is 3.42. The van der Waals surface area contributed by atoms with Gasteiger partial charge >= 0.3 is 5.97 Å². The third kappa shape index (κ3) is 5.36. The molecule has 4 rings (SSSR count). The molecule has 0 saturated carbocycles. The number of fused-ring (bicyclic) bond motifs is 1. The lowest BCUT2D eigenvalue weighted by Crippen LogP contribution is -2.43. The second kappa shape index (κ2) is 9.96. The fourth-order valence-corrected chi connectivity index (χ4v) is 3.42. The molecule has 0 aliphatic carbocycles. The number of esters is 1. The van der Waals surface area contributed by atoms with Crippen LogP contribution in [0.5, 0.6) is 5.75 Å². The third-order valence-electron chi connectivity index (χ3n) is 4.97. The number of nitro benzene ring substituents is 1. The maximum Gasteiger partial charge on any atom is 0.329 e. The molecule has 0 unspecified atom stereocenters. The lowest BCUT2D eigenvalue weighted by molar-refractivity contribution is -0.385. The van der Waals surface area contributed by atoms with Crippen LogP contribution in [0.3, 0.4) is 0 Å². The first kappa shape index (κ1) is 22.0. The molecule has 0 fully saturated rings. The number of nitro groups is 1. The Morgan fingerprint density at radius 2 is 1.97 bits per heavy atom. The summed E-state index contributed by atoms with van der Waals surface area (Å²) >= 11 is 0. The molecule has 10 heteroatoms. The molecular formula is C23H20N2O8. The summed E-state index contributed by atoms with van der Waals surface area (Å²) in [4.78, 5) is 36.2. The van der Waals surface area contributed by atoms with Crippen molar-refractivity contribution in [3.63, 3.8) is 0 Å². The molecule has 0 saturated heterocycles. The summed E-state index contributed by atoms with van der Waals surface area (Å²) < 4.78 is 21.2. The van der Waals surface area contributed by atoms with Crippen LogP contribution in [-0.2, 0) is 33.9 Å². The van der Waals surface area contributed by atoms with Gasteiger partial charge in [0, 0.05) is 29.7 Å². The summed E-state index contributed by atoms with van der Waals surface area (Å²) in [5.41, 5.74) is 1.48. The first-order valence-electron chi connectivity index (χ1n) is 10.1. The van der Waals surface area contributed by atoms with Crippen LogP contribution in [0.4, 0.5) is 5.69 Å². The molecule has 0 spiro atoms. The number of hydrogen-bond acceptors (Lipinski definition) is 8. The predicted molar refractivity (Wildman–Crippen MR) is 113 cm³/mol. The van der Waals surface area contributed by atoms with Crippen molar-refractivity contribution in [3.8, 4) is 5.75 Å². The molecule has 2 aromatic carbocycles. The van der Waals surface area contributed by atoms with E-state index in [2.05, 4.69) is 5.32 Å². The lowest BCUT2D eigenvalue weighted by Gasteiger charge is -2.21. The van der Waals surface area contributed by atoms with Crippen molar-refractivity contribution >= 4 is 17.6 Å². The Hall–Kier alpha value is -4.18. The number of rotatable bonds is 8. The van der Waals surface area contributed by atoms with E-state index in [0.29, 0.717) is 16.9 Å². The van der Waals surface area contributed by atoms with E-state index >= 15 is 0 Å². The summed E-state index contributed by atoms with van der Waals surface area (Å²) in [6, 6.07) is 13.8. The van der Waals surface area contributed by atoms with Gasteiger partial charge in [-0.2, -0.15) is 0 Å². The molecule has 2 heterocycles. The molecule has 1 aliphatic rings. The Morgan fingerprint density at radius 3 is 2.70 bits per heavy atom. The van der Waals surface area contributed by atoms with E-state index in [9.17, 15) is 19.7 Å². The van der Waals surface area contributed by atoms with Crippen LogP contribution in [-0.4, -0.2) is 29.6 Å². The lowest BCUT2D eigenvalue weighted by atomic mass is 10.1. The number of hydrogen-bond donors (Lipinski definition) is 1. The highest BCUT2D eigenvalue weighted by Crippen LogP contribution is 2.33. The number of ether oxygens (including phenoxy) is 3. The number of carbonyl (C=O) groups is 2. The van der Waals surface area contributed by atoms with E-state index in [1.165, 1.54) is 24.5 Å². The van der Waals surface area contributed by atoms with Gasteiger partial charge in [0.05, 0.1) is 17.8 Å². The molecule has 170 valence electrons. The van der Waals surface area contributed by atoms with Crippen molar-refractivity contribution in [2.24, 2.45) is 0 Å². The average molecular weight is 452 g/mol. The number of nitrogens with one attached hydrogen (secondary N) is 1. The number of carbonyl (C=O) groups excluding carboxylic acids is 2. The summed E-state index contributed by atoms with van der Waals surface area (Å²) in [7, 11) is 0. The van der Waals surface area contributed by atoms with Gasteiger partial charge in [0.25, 0.3) is 11.6 Å². The molecule has 1 amide bonds. The quantitative estimate of drug-likeness (QED) is 0.313. The van der Waals surface area contributed by atoms with Crippen molar-refractivity contribution in [1.82, 2.24) is 5.32 Å². The Kier molecular flexibility index (Phi) is 6.65. The minimum Gasteiger partial charge on any atom is -0.467 e. The highest BCUT2D eigenvalue weighted by Gasteiger charge is 2.26. The van der Waals surface area contributed by atoms with Crippen LogP contribution in [0, 0.1) is 10.1 Å². The summed E-state index contributed by atoms with van der Waals surface area (Å²) in [6.45, 7) is -0.139. The Morgan fingerprint density at radius 1 is 1.15 bits per heavy atom. The molecule has 3 aromatic rings. The van der Waals surface area contributed by atoms with Crippen molar-refractivity contribution in [2.75, 3.05) is 6.79 Å². The van der Waals surface area contributed by atoms with Gasteiger partial charge in [-0.1, -0.05) is 30.3 Å². The van der Waals surface area contributed by atoms with E-state index in [1.54, 1.807) is 6.07 Å². The Balaban J connectivity index is 1.52. The highest BCUT2D eigenvalue weighted by atomic mass is 16.7. The Bertz CT molecular complexity index is 1140. The first-order chi connectivity index (χ1) is 16.0. The van der Waals surface area contributed by atoms with Crippen molar-refractivity contribution in [1.29, 1.82) is 0 Å². The van der Waals surface area contributed by atoms with E-state index in [1.807, 2.05) is 30.3 Å². The van der Waals surface area contributed by atoms with Crippen LogP contribution in [0.2, 0.25) is 0 Å². The second-order valence-electron chi connectivity index (χ2n) is 7.26. The van der Waals surface area contributed by atoms with Crippen molar-refractivity contribution < 1.29 is 33.1 Å². The second-order valence-corrected chi connectivity index (χ2v) is 7.26. The predicted octanol–water partition coefficient (Wildman–Crippen LogP) is 3.14. The number of amides is 1. The largest absolute Gasteiger partial charge is 0.467 e. The molecule has 1 N–H and O–H groups in total. The summed E-state index contributed by atoms with van der Waals surface area (Å²) in [6.07, 6.45) is 1.54. The molecule has 10 nitrogen and oxygen atoms in total. The summed E-state index contributed by atoms with van der Waals surface area (Å²) in [5, 5.41) is 13.9. The number of benzene rings is 2. The van der Waals surface area contributed by atoms with E-state index in [0.717, 1.165) is 5.56 Å². The maximum absolute atomic E-state index is 12.9. The van der Waals surface area contributed by atoms with Gasteiger partial charge in [-0.25, -0.2) is 4.79 Å². The smallest absolute Gasteiger partial charge is 0.329 e. The van der Waals surface area contributed by atoms with Gasteiger partial charge in [0.15, 0.2) is 12.6 Å². The molecule has 1 aromatic heterocycles. The molecule has 1 aliphatic heterocycles. The number of furan rings is 1. The highest BCUT2D eigenvalue weighted by molar-refractivity contribution is 5.94. The van der Waals surface area contributed by atoms with Gasteiger partial charge in [0.1, 0.15) is 18.4 Å². The van der Waals surface area contributed by atoms with Crippen LogP contribution >= 0.6 is 0 Å². The zero-order valence-electron chi connectivity index (χ0n) is 17.4. The van der Waals surface area contributed by atoms with E-state index in [-0.39, 0.29) is 37.9 Å². The molecule has 0 bridgehead atoms. The zero-order valence-corrected chi connectivity index (χ0v) is 17.4. The first-order valence-corrected chi connectivity index (χ1v) is 10.1. The number of nitrogens with zero attached hydrogens (tertiary/aromatic N) is 1. The molecule has 0 radical (unpaired) electrons. The third-order valence-corrected chi connectivity index (χ3v) is 4.97. The molecular weight excluding hydrogens is 432 g/mol. The Labute approximate surface area is 188 Å². The topological polar surface area (TPSA) is 130 Å². The van der Waals surface area contributed by atoms with E-state index in [4.69, 9.17) is 18.6 Å². The van der Waals surface area contributed by atoms with Gasteiger partial charge in [-0.3, -0.25) is 14.9 Å². The van der Waals surface area contributed by atoms with Crippen LogP contribution in [0.1, 0.15) is 27.2 Å². The minimum absolute atomic E-state index is 0.0123. The van der Waals surface area contributed by atoms with Crippen LogP contribution in [0.25, 0.3) is 0 Å². The zero-order chi connectivity index (χ0) is 23.2.